The van der Waals surface area contributed by atoms with Crippen LogP contribution in [-0.4, -0.2) is 48.6 Å². The van der Waals surface area contributed by atoms with Crippen LogP contribution in [0.15, 0.2) is 12.2 Å². The first-order valence-electron chi connectivity index (χ1n) is 13.8. The topological polar surface area (TPSA) is 69.6 Å². The summed E-state index contributed by atoms with van der Waals surface area (Å²) < 4.78 is 0. The van der Waals surface area contributed by atoms with E-state index in [0.29, 0.717) is 19.4 Å². The van der Waals surface area contributed by atoms with Gasteiger partial charge in [0.05, 0.1) is 0 Å². The molecular weight excluding hydrogens is 412 g/mol. The van der Waals surface area contributed by atoms with E-state index in [-0.39, 0.29) is 5.91 Å². The van der Waals surface area contributed by atoms with Crippen LogP contribution in [-0.2, 0) is 9.59 Å². The number of rotatable bonds is 24. The van der Waals surface area contributed by atoms with Crippen molar-refractivity contribution in [1.82, 2.24) is 10.2 Å². The van der Waals surface area contributed by atoms with Gasteiger partial charge in [0.2, 0.25) is 5.91 Å². The number of nitrogens with zero attached hydrogens (tertiary/aromatic N) is 1. The molecule has 1 amide bonds. The molecule has 0 fully saturated rings. The first-order valence-corrected chi connectivity index (χ1v) is 13.8. The molecule has 0 aliphatic rings. The molecule has 2 N–H and O–H groups in total. The third kappa shape index (κ3) is 22.2. The third-order valence-corrected chi connectivity index (χ3v) is 6.31. The monoisotopic (exact) mass is 466 g/mol. The van der Waals surface area contributed by atoms with Gasteiger partial charge in [-0.25, -0.2) is 0 Å². The molecule has 1 atom stereocenters. The number of unbranched alkanes of at least 4 members (excludes halogenated alkanes) is 14. The predicted molar refractivity (Wildman–Crippen MR) is 141 cm³/mol. The molecule has 5 heteroatoms. The highest BCUT2D eigenvalue weighted by molar-refractivity contribution is 5.76. The maximum Gasteiger partial charge on any atom is 0.320 e. The van der Waals surface area contributed by atoms with E-state index in [4.69, 9.17) is 5.11 Å². The number of allylic oxidation sites excluding steroid dienone is 2. The summed E-state index contributed by atoms with van der Waals surface area (Å²) in [4.78, 5) is 24.7. The summed E-state index contributed by atoms with van der Waals surface area (Å²) >= 11 is 0. The van der Waals surface area contributed by atoms with Gasteiger partial charge in [-0.3, -0.25) is 14.5 Å². The van der Waals surface area contributed by atoms with Gasteiger partial charge in [0.25, 0.3) is 0 Å². The van der Waals surface area contributed by atoms with Crippen LogP contribution in [0, 0.1) is 0 Å². The minimum absolute atomic E-state index is 0.0861. The van der Waals surface area contributed by atoms with Gasteiger partial charge in [-0.1, -0.05) is 96.1 Å². The van der Waals surface area contributed by atoms with E-state index in [9.17, 15) is 9.59 Å². The summed E-state index contributed by atoms with van der Waals surface area (Å²) in [5, 5.41) is 12.1. The SMILES string of the molecule is CCCCCCCCCCCCCCC/C=C/CCC(=O)NCCCC[C@@H](C(=O)O)N(C)C. The van der Waals surface area contributed by atoms with E-state index in [1.54, 1.807) is 19.0 Å². The number of hydrogen-bond donors (Lipinski definition) is 2. The van der Waals surface area contributed by atoms with Crippen LogP contribution < -0.4 is 5.32 Å². The molecule has 0 radical (unpaired) electrons. The number of likely N-dealkylation sites (N-methyl/N-ethyl adjacent to an activating group) is 1. The first kappa shape index (κ1) is 31.6. The highest BCUT2D eigenvalue weighted by atomic mass is 16.4. The Bertz CT molecular complexity index is 492. The highest BCUT2D eigenvalue weighted by Crippen LogP contribution is 2.13. The Balaban J connectivity index is 3.38. The lowest BCUT2D eigenvalue weighted by Gasteiger charge is -2.19. The van der Waals surface area contributed by atoms with Crippen molar-refractivity contribution >= 4 is 11.9 Å². The minimum Gasteiger partial charge on any atom is -0.480 e. The number of carbonyl (C=O) groups is 2. The molecule has 0 aliphatic carbocycles. The van der Waals surface area contributed by atoms with Gasteiger partial charge >= 0.3 is 5.97 Å². The van der Waals surface area contributed by atoms with Crippen molar-refractivity contribution in [3.63, 3.8) is 0 Å². The Morgan fingerprint density at radius 2 is 1.27 bits per heavy atom. The fourth-order valence-corrected chi connectivity index (χ4v) is 4.11. The van der Waals surface area contributed by atoms with Crippen molar-refractivity contribution in [2.24, 2.45) is 0 Å². The molecule has 0 spiro atoms. The maximum atomic E-state index is 11.9. The number of nitrogens with one attached hydrogen (secondary N) is 1. The van der Waals surface area contributed by atoms with Crippen molar-refractivity contribution in [2.75, 3.05) is 20.6 Å². The van der Waals surface area contributed by atoms with E-state index >= 15 is 0 Å². The minimum atomic E-state index is -0.783. The Morgan fingerprint density at radius 1 is 0.758 bits per heavy atom. The summed E-state index contributed by atoms with van der Waals surface area (Å²) in [5.41, 5.74) is 0. The van der Waals surface area contributed by atoms with Crippen molar-refractivity contribution < 1.29 is 14.7 Å². The lowest BCUT2D eigenvalue weighted by molar-refractivity contribution is -0.142. The van der Waals surface area contributed by atoms with Crippen molar-refractivity contribution in [3.05, 3.63) is 12.2 Å². The standard InChI is InChI=1S/C28H54N2O3/c1-4-5-6-7-8-9-10-11-12-13-14-15-16-17-18-19-20-24-27(31)29-25-22-21-23-26(28(32)33)30(2)3/h18-19,26H,4-17,20-25H2,1-3H3,(H,29,31)(H,32,33)/b19-18+/t26-/m0/s1. The number of amides is 1. The molecule has 0 rings (SSSR count). The van der Waals surface area contributed by atoms with Gasteiger partial charge in [0.1, 0.15) is 6.04 Å². The Labute approximate surface area is 204 Å². The summed E-state index contributed by atoms with van der Waals surface area (Å²) in [7, 11) is 3.57. The van der Waals surface area contributed by atoms with E-state index in [2.05, 4.69) is 24.4 Å². The second-order valence-electron chi connectivity index (χ2n) is 9.70. The molecule has 0 saturated carbocycles. The molecule has 5 nitrogen and oxygen atoms in total. The smallest absolute Gasteiger partial charge is 0.320 e. The molecule has 0 saturated heterocycles. The average molecular weight is 467 g/mol. The zero-order valence-corrected chi connectivity index (χ0v) is 22.1. The van der Waals surface area contributed by atoms with Crippen LogP contribution in [0.1, 0.15) is 129 Å². The molecule has 0 unspecified atom stereocenters. The Hall–Kier alpha value is -1.36. The zero-order valence-electron chi connectivity index (χ0n) is 22.1. The molecule has 0 heterocycles. The van der Waals surface area contributed by atoms with E-state index < -0.39 is 12.0 Å². The molecule has 0 aliphatic heterocycles. The molecule has 0 bridgehead atoms. The zero-order chi connectivity index (χ0) is 24.6. The van der Waals surface area contributed by atoms with Gasteiger partial charge in [-0.15, -0.1) is 0 Å². The Kier molecular flexibility index (Phi) is 22.8. The molecule has 0 aromatic heterocycles. The van der Waals surface area contributed by atoms with Gasteiger partial charge in [-0.05, 0) is 52.6 Å². The molecule has 194 valence electrons. The van der Waals surface area contributed by atoms with Crippen LogP contribution in [0.3, 0.4) is 0 Å². The first-order chi connectivity index (χ1) is 16.0. The van der Waals surface area contributed by atoms with Crippen LogP contribution >= 0.6 is 0 Å². The fraction of sp³-hybridized carbons (Fsp3) is 0.857. The summed E-state index contributed by atoms with van der Waals surface area (Å²) in [6.07, 6.45) is 27.0. The van der Waals surface area contributed by atoms with Gasteiger partial charge < -0.3 is 10.4 Å². The number of carboxylic acid groups (broad SMARTS) is 1. The maximum absolute atomic E-state index is 11.9. The van der Waals surface area contributed by atoms with Crippen LogP contribution in [0.4, 0.5) is 0 Å². The number of hydrogen-bond acceptors (Lipinski definition) is 3. The predicted octanol–water partition coefficient (Wildman–Crippen LogP) is 7.11. The normalized spacial score (nSPS) is 12.5. The number of aliphatic carboxylic acids is 1. The molecular formula is C28H54N2O3. The molecule has 0 aromatic carbocycles. The van der Waals surface area contributed by atoms with Crippen LogP contribution in [0.2, 0.25) is 0 Å². The van der Waals surface area contributed by atoms with Crippen molar-refractivity contribution in [1.29, 1.82) is 0 Å². The Morgan fingerprint density at radius 3 is 1.79 bits per heavy atom. The summed E-state index contributed by atoms with van der Waals surface area (Å²) in [6, 6.07) is -0.444. The largest absolute Gasteiger partial charge is 0.480 e. The summed E-state index contributed by atoms with van der Waals surface area (Å²) in [6.45, 7) is 2.90. The van der Waals surface area contributed by atoms with Gasteiger partial charge in [-0.2, -0.15) is 0 Å². The van der Waals surface area contributed by atoms with E-state index in [0.717, 1.165) is 25.7 Å². The van der Waals surface area contributed by atoms with E-state index in [1.807, 2.05) is 0 Å². The van der Waals surface area contributed by atoms with Gasteiger partial charge in [0.15, 0.2) is 0 Å². The number of carboxylic acids is 1. The van der Waals surface area contributed by atoms with Gasteiger partial charge in [0, 0.05) is 13.0 Å². The summed E-state index contributed by atoms with van der Waals surface area (Å²) in [5.74, 6) is -0.697. The average Bonchev–Trinajstić information content (AvgIpc) is 2.77. The highest BCUT2D eigenvalue weighted by Gasteiger charge is 2.18. The second-order valence-corrected chi connectivity index (χ2v) is 9.70. The molecule has 0 aromatic rings. The number of carbonyl (C=O) groups excluding carboxylic acids is 1. The second kappa shape index (κ2) is 23.8. The van der Waals surface area contributed by atoms with Crippen LogP contribution in [0.25, 0.3) is 0 Å². The van der Waals surface area contributed by atoms with Crippen LogP contribution in [0.5, 0.6) is 0 Å². The lowest BCUT2D eigenvalue weighted by Crippen LogP contribution is -2.35. The molecule has 33 heavy (non-hydrogen) atoms. The van der Waals surface area contributed by atoms with Crippen molar-refractivity contribution in [2.45, 2.75) is 135 Å². The lowest BCUT2D eigenvalue weighted by atomic mass is 10.0. The fourth-order valence-electron chi connectivity index (χ4n) is 4.11. The quantitative estimate of drug-likeness (QED) is 0.117. The third-order valence-electron chi connectivity index (χ3n) is 6.31. The van der Waals surface area contributed by atoms with E-state index in [1.165, 1.54) is 83.5 Å². The van der Waals surface area contributed by atoms with Crippen molar-refractivity contribution in [3.8, 4) is 0 Å².